The monoisotopic (exact) mass is 224 g/mol. The summed E-state index contributed by atoms with van der Waals surface area (Å²) in [6.07, 6.45) is 1.40. The van der Waals surface area contributed by atoms with E-state index in [1.54, 1.807) is 6.07 Å². The largest absolute Gasteiger partial charge is 0.398 e. The number of likely N-dealkylation sites (tertiary alicyclic amines) is 1. The summed E-state index contributed by atoms with van der Waals surface area (Å²) in [6.45, 7) is 0.989. The Morgan fingerprint density at radius 1 is 1.56 bits per heavy atom. The molecule has 1 aliphatic heterocycles. The molecular formula is C12H17FN2O. The minimum Gasteiger partial charge on any atom is -0.398 e. The fourth-order valence-corrected chi connectivity index (χ4v) is 2.36. The van der Waals surface area contributed by atoms with E-state index in [1.807, 2.05) is 7.05 Å². The molecule has 0 aromatic heterocycles. The zero-order valence-electron chi connectivity index (χ0n) is 9.36. The summed E-state index contributed by atoms with van der Waals surface area (Å²) in [6, 6.07) is 4.26. The van der Waals surface area contributed by atoms with Gasteiger partial charge in [-0.05, 0) is 38.6 Å². The third-order valence-electron chi connectivity index (χ3n) is 3.31. The third kappa shape index (κ3) is 2.03. The lowest BCUT2D eigenvalue weighted by molar-refractivity contribution is 0.0862. The predicted molar refractivity (Wildman–Crippen MR) is 61.4 cm³/mol. The Morgan fingerprint density at radius 3 is 2.88 bits per heavy atom. The number of likely N-dealkylation sites (N-methyl/N-ethyl adjacent to an activating group) is 1. The molecule has 0 spiro atoms. The summed E-state index contributed by atoms with van der Waals surface area (Å²) in [7, 11) is 1.99. The molecule has 88 valence electrons. The number of halogens is 1. The van der Waals surface area contributed by atoms with Crippen molar-refractivity contribution in [1.82, 2.24) is 4.90 Å². The lowest BCUT2D eigenvalue weighted by Gasteiger charge is -2.26. The topological polar surface area (TPSA) is 49.5 Å². The molecule has 0 aliphatic carbocycles. The molecule has 16 heavy (non-hydrogen) atoms. The molecule has 3 nitrogen and oxygen atoms in total. The van der Waals surface area contributed by atoms with E-state index in [-0.39, 0.29) is 11.9 Å². The van der Waals surface area contributed by atoms with E-state index in [0.717, 1.165) is 19.4 Å². The first-order valence-electron chi connectivity index (χ1n) is 5.53. The average Bonchev–Trinajstić information content (AvgIpc) is 2.63. The van der Waals surface area contributed by atoms with Gasteiger partial charge in [-0.25, -0.2) is 4.39 Å². The summed E-state index contributed by atoms with van der Waals surface area (Å²) < 4.78 is 12.9. The van der Waals surface area contributed by atoms with Crippen LogP contribution in [0.25, 0.3) is 0 Å². The highest BCUT2D eigenvalue weighted by Gasteiger charge is 2.29. The van der Waals surface area contributed by atoms with Crippen LogP contribution in [0.5, 0.6) is 0 Å². The lowest BCUT2D eigenvalue weighted by Crippen LogP contribution is -2.31. The normalized spacial score (nSPS) is 23.6. The van der Waals surface area contributed by atoms with E-state index >= 15 is 0 Å². The van der Waals surface area contributed by atoms with Gasteiger partial charge in [0.15, 0.2) is 0 Å². The van der Waals surface area contributed by atoms with Crippen LogP contribution in [0.15, 0.2) is 18.2 Å². The van der Waals surface area contributed by atoms with Crippen molar-refractivity contribution in [3.8, 4) is 0 Å². The Balaban J connectivity index is 2.23. The van der Waals surface area contributed by atoms with Gasteiger partial charge in [-0.1, -0.05) is 6.07 Å². The van der Waals surface area contributed by atoms with E-state index < -0.39 is 6.10 Å². The number of nitrogens with zero attached hydrogens (tertiary/aromatic N) is 1. The fourth-order valence-electron chi connectivity index (χ4n) is 2.36. The molecule has 1 heterocycles. The molecule has 2 atom stereocenters. The van der Waals surface area contributed by atoms with Gasteiger partial charge in [-0.3, -0.25) is 0 Å². The Morgan fingerprint density at radius 2 is 2.31 bits per heavy atom. The van der Waals surface area contributed by atoms with Gasteiger partial charge < -0.3 is 15.7 Å². The summed E-state index contributed by atoms with van der Waals surface area (Å²) in [4.78, 5) is 2.12. The quantitative estimate of drug-likeness (QED) is 0.749. The zero-order valence-corrected chi connectivity index (χ0v) is 9.36. The molecule has 4 heteroatoms. The second-order valence-corrected chi connectivity index (χ2v) is 4.41. The summed E-state index contributed by atoms with van der Waals surface area (Å²) >= 11 is 0. The second-order valence-electron chi connectivity index (χ2n) is 4.41. The Bertz CT molecular complexity index is 383. The molecule has 0 radical (unpaired) electrons. The minimum atomic E-state index is -0.631. The van der Waals surface area contributed by atoms with Gasteiger partial charge in [0, 0.05) is 17.3 Å². The Hall–Kier alpha value is -1.13. The van der Waals surface area contributed by atoms with Crippen molar-refractivity contribution in [2.24, 2.45) is 0 Å². The van der Waals surface area contributed by atoms with Crippen LogP contribution in [-0.2, 0) is 0 Å². The van der Waals surface area contributed by atoms with Crippen molar-refractivity contribution >= 4 is 5.69 Å². The van der Waals surface area contributed by atoms with Gasteiger partial charge in [0.1, 0.15) is 5.82 Å². The van der Waals surface area contributed by atoms with Crippen LogP contribution in [0.1, 0.15) is 24.5 Å². The van der Waals surface area contributed by atoms with Crippen molar-refractivity contribution in [3.63, 3.8) is 0 Å². The first-order valence-corrected chi connectivity index (χ1v) is 5.53. The number of aliphatic hydroxyl groups is 1. The molecule has 2 rings (SSSR count). The Kier molecular flexibility index (Phi) is 3.12. The van der Waals surface area contributed by atoms with Crippen LogP contribution in [0.4, 0.5) is 10.1 Å². The van der Waals surface area contributed by atoms with Crippen molar-refractivity contribution in [3.05, 3.63) is 29.6 Å². The molecule has 3 N–H and O–H groups in total. The van der Waals surface area contributed by atoms with E-state index in [0.29, 0.717) is 11.3 Å². The van der Waals surface area contributed by atoms with E-state index in [4.69, 9.17) is 5.73 Å². The number of hydrogen-bond acceptors (Lipinski definition) is 3. The van der Waals surface area contributed by atoms with Crippen LogP contribution in [0.2, 0.25) is 0 Å². The second kappa shape index (κ2) is 4.39. The molecule has 0 saturated carbocycles. The predicted octanol–water partition coefficient (Wildman–Crippen LogP) is 1.54. The number of hydrogen-bond donors (Lipinski definition) is 2. The SMILES string of the molecule is CN1CCCC1C(O)c1ccc(F)cc1N. The van der Waals surface area contributed by atoms with Gasteiger partial charge >= 0.3 is 0 Å². The van der Waals surface area contributed by atoms with Gasteiger partial charge in [-0.2, -0.15) is 0 Å². The minimum absolute atomic E-state index is 0.0905. The lowest BCUT2D eigenvalue weighted by atomic mass is 9.99. The Labute approximate surface area is 94.7 Å². The number of aliphatic hydroxyl groups excluding tert-OH is 1. The highest BCUT2D eigenvalue weighted by molar-refractivity contribution is 5.48. The van der Waals surface area contributed by atoms with E-state index in [1.165, 1.54) is 12.1 Å². The van der Waals surface area contributed by atoms with Gasteiger partial charge in [0.05, 0.1) is 6.10 Å². The molecule has 0 bridgehead atoms. The zero-order chi connectivity index (χ0) is 11.7. The number of nitrogens with two attached hydrogens (primary N) is 1. The standard InChI is InChI=1S/C12H17FN2O/c1-15-6-2-3-11(15)12(16)9-5-4-8(13)7-10(9)14/h4-5,7,11-12,16H,2-3,6,14H2,1H3. The van der Waals surface area contributed by atoms with Gasteiger partial charge in [0.25, 0.3) is 0 Å². The van der Waals surface area contributed by atoms with Crippen LogP contribution >= 0.6 is 0 Å². The van der Waals surface area contributed by atoms with Gasteiger partial charge in [-0.15, -0.1) is 0 Å². The van der Waals surface area contributed by atoms with Crippen LogP contribution in [0, 0.1) is 5.82 Å². The summed E-state index contributed by atoms with van der Waals surface area (Å²) in [5.74, 6) is -0.367. The maximum absolute atomic E-state index is 12.9. The maximum Gasteiger partial charge on any atom is 0.125 e. The fraction of sp³-hybridized carbons (Fsp3) is 0.500. The number of nitrogen functional groups attached to an aromatic ring is 1. The average molecular weight is 224 g/mol. The third-order valence-corrected chi connectivity index (χ3v) is 3.31. The number of anilines is 1. The number of rotatable bonds is 2. The molecule has 1 aliphatic rings. The van der Waals surface area contributed by atoms with Crippen LogP contribution < -0.4 is 5.73 Å². The van der Waals surface area contributed by atoms with Crippen LogP contribution in [-0.4, -0.2) is 29.6 Å². The van der Waals surface area contributed by atoms with E-state index in [9.17, 15) is 9.50 Å². The highest BCUT2D eigenvalue weighted by Crippen LogP contribution is 2.31. The number of benzene rings is 1. The maximum atomic E-state index is 12.9. The summed E-state index contributed by atoms with van der Waals surface area (Å²) in [5.41, 5.74) is 6.67. The molecule has 0 amide bonds. The molecular weight excluding hydrogens is 207 g/mol. The smallest absolute Gasteiger partial charge is 0.125 e. The van der Waals surface area contributed by atoms with Gasteiger partial charge in [0.2, 0.25) is 0 Å². The van der Waals surface area contributed by atoms with E-state index in [2.05, 4.69) is 4.90 Å². The summed E-state index contributed by atoms with van der Waals surface area (Å²) in [5, 5.41) is 10.2. The van der Waals surface area contributed by atoms with Crippen LogP contribution in [0.3, 0.4) is 0 Å². The molecule has 1 saturated heterocycles. The highest BCUT2D eigenvalue weighted by atomic mass is 19.1. The van der Waals surface area contributed by atoms with Crippen molar-refractivity contribution in [2.75, 3.05) is 19.3 Å². The first-order chi connectivity index (χ1) is 7.59. The molecule has 2 unspecified atom stereocenters. The first kappa shape index (κ1) is 11.4. The molecule has 1 fully saturated rings. The molecule has 1 aromatic rings. The van der Waals surface area contributed by atoms with Crippen molar-refractivity contribution in [2.45, 2.75) is 25.0 Å². The molecule has 1 aromatic carbocycles. The van der Waals surface area contributed by atoms with Crippen molar-refractivity contribution in [1.29, 1.82) is 0 Å². The van der Waals surface area contributed by atoms with Crippen molar-refractivity contribution < 1.29 is 9.50 Å².